The van der Waals surface area contributed by atoms with Crippen molar-refractivity contribution in [2.75, 3.05) is 5.32 Å². The first-order chi connectivity index (χ1) is 12.5. The van der Waals surface area contributed by atoms with Crippen molar-refractivity contribution in [1.29, 1.82) is 5.41 Å². The van der Waals surface area contributed by atoms with E-state index in [1.165, 1.54) is 0 Å². The first-order valence-electron chi connectivity index (χ1n) is 7.15. The lowest BCUT2D eigenvalue weighted by Crippen LogP contribution is -2.19. The van der Waals surface area contributed by atoms with Crippen molar-refractivity contribution in [3.63, 3.8) is 0 Å². The van der Waals surface area contributed by atoms with Gasteiger partial charge in [-0.05, 0) is 47.9 Å². The average molecular weight is 411 g/mol. The summed E-state index contributed by atoms with van der Waals surface area (Å²) in [5.41, 5.74) is 2.43. The monoisotopic (exact) mass is 410 g/mol. The van der Waals surface area contributed by atoms with Crippen molar-refractivity contribution in [3.05, 3.63) is 58.1 Å². The van der Waals surface area contributed by atoms with Crippen LogP contribution in [-0.2, 0) is 0 Å². The Labute approximate surface area is 162 Å². The molecule has 3 aromatic rings. The van der Waals surface area contributed by atoms with Crippen LogP contribution in [-0.4, -0.2) is 20.5 Å². The Morgan fingerprint density at radius 3 is 2.58 bits per heavy atom. The molecule has 0 aliphatic rings. The van der Waals surface area contributed by atoms with Crippen LogP contribution in [0.5, 0.6) is 17.4 Å². The summed E-state index contributed by atoms with van der Waals surface area (Å²) < 4.78 is 9.47. The third-order valence-electron chi connectivity index (χ3n) is 3.27. The van der Waals surface area contributed by atoms with E-state index in [-0.39, 0.29) is 17.3 Å². The summed E-state index contributed by atoms with van der Waals surface area (Å²) in [7, 11) is 0. The number of aromatic nitrogens is 1. The molecule has 26 heavy (non-hydrogen) atoms. The second kappa shape index (κ2) is 7.79. The number of aromatic hydroxyl groups is 1. The van der Waals surface area contributed by atoms with Crippen LogP contribution in [0.25, 0.3) is 0 Å². The Morgan fingerprint density at radius 2 is 1.88 bits per heavy atom. The number of ether oxygens (including phenoxy) is 1. The molecule has 5 N–H and O–H groups in total. The van der Waals surface area contributed by atoms with Gasteiger partial charge in [-0.15, -0.1) is 0 Å². The molecule has 2 aromatic carbocycles. The summed E-state index contributed by atoms with van der Waals surface area (Å²) >= 11 is 13.0. The van der Waals surface area contributed by atoms with E-state index in [0.717, 1.165) is 11.5 Å². The molecule has 134 valence electrons. The molecular formula is C16H12Cl2N4O3S. The number of halogens is 2. The first-order valence-corrected chi connectivity index (χ1v) is 8.68. The Balaban J connectivity index is 1.76. The normalized spacial score (nSPS) is 10.4. The van der Waals surface area contributed by atoms with Gasteiger partial charge in [0.1, 0.15) is 22.1 Å². The Bertz CT molecular complexity index is 947. The van der Waals surface area contributed by atoms with Gasteiger partial charge in [0.15, 0.2) is 5.84 Å². The van der Waals surface area contributed by atoms with Crippen LogP contribution in [0.2, 0.25) is 10.0 Å². The fourth-order valence-corrected chi connectivity index (χ4v) is 3.10. The zero-order chi connectivity index (χ0) is 18.7. The summed E-state index contributed by atoms with van der Waals surface area (Å²) in [5.74, 6) is 0.280. The van der Waals surface area contributed by atoms with E-state index in [1.807, 2.05) is 0 Å². The summed E-state index contributed by atoms with van der Waals surface area (Å²) in [4.78, 5) is 0. The van der Waals surface area contributed by atoms with Crippen LogP contribution in [0.3, 0.4) is 0 Å². The molecule has 0 spiro atoms. The number of amidine groups is 1. The van der Waals surface area contributed by atoms with E-state index < -0.39 is 0 Å². The lowest BCUT2D eigenvalue weighted by atomic mass is 10.2. The Morgan fingerprint density at radius 1 is 1.15 bits per heavy atom. The van der Waals surface area contributed by atoms with Crippen molar-refractivity contribution >= 4 is 51.3 Å². The quantitative estimate of drug-likeness (QED) is 0.230. The van der Waals surface area contributed by atoms with Crippen molar-refractivity contribution in [2.24, 2.45) is 0 Å². The number of rotatable bonds is 5. The van der Waals surface area contributed by atoms with Crippen LogP contribution in [0.15, 0.2) is 42.5 Å². The van der Waals surface area contributed by atoms with Crippen LogP contribution in [0.4, 0.5) is 10.7 Å². The van der Waals surface area contributed by atoms with Crippen molar-refractivity contribution < 1.29 is 15.1 Å². The molecule has 0 atom stereocenters. The molecule has 0 saturated heterocycles. The lowest BCUT2D eigenvalue weighted by molar-refractivity contribution is 0.234. The zero-order valence-corrected chi connectivity index (χ0v) is 15.3. The average Bonchev–Trinajstić information content (AvgIpc) is 2.99. The molecule has 3 rings (SSSR count). The van der Waals surface area contributed by atoms with Gasteiger partial charge in [0.05, 0.1) is 5.02 Å². The smallest absolute Gasteiger partial charge is 0.236 e. The molecule has 10 heteroatoms. The van der Waals surface area contributed by atoms with E-state index in [1.54, 1.807) is 47.9 Å². The largest absolute Gasteiger partial charge is 0.492 e. The predicted octanol–water partition coefficient (Wildman–Crippen LogP) is 5.00. The molecule has 0 aliphatic heterocycles. The van der Waals surface area contributed by atoms with Crippen molar-refractivity contribution in [2.45, 2.75) is 0 Å². The second-order valence-corrected chi connectivity index (χ2v) is 6.64. The molecule has 0 bridgehead atoms. The van der Waals surface area contributed by atoms with Gasteiger partial charge < -0.3 is 15.2 Å². The maximum atomic E-state index is 9.69. The highest BCUT2D eigenvalue weighted by atomic mass is 35.5. The maximum Gasteiger partial charge on any atom is 0.236 e. The molecular weight excluding hydrogens is 399 g/mol. The van der Waals surface area contributed by atoms with Crippen LogP contribution in [0.1, 0.15) is 5.56 Å². The van der Waals surface area contributed by atoms with Crippen LogP contribution >= 0.6 is 34.7 Å². The van der Waals surface area contributed by atoms with Gasteiger partial charge in [-0.25, -0.2) is 0 Å². The van der Waals surface area contributed by atoms with Crippen LogP contribution in [0, 0.1) is 5.41 Å². The number of hydrogen-bond acceptors (Lipinski definition) is 7. The van der Waals surface area contributed by atoms with Gasteiger partial charge in [-0.3, -0.25) is 16.1 Å². The second-order valence-electron chi connectivity index (χ2n) is 5.02. The SMILES string of the molecule is N=C(NO)c1c(O)nsc1Nc1ccc(Oc2cc(Cl)ccc2Cl)cc1. The number of hydrogen-bond donors (Lipinski definition) is 5. The standard InChI is InChI=1S/C16H12Cl2N4O3S/c17-8-1-6-11(18)12(7-8)25-10-4-2-9(3-5-10)20-16-13(14(19)21-24)15(23)22-26-16/h1-7,20,24H,(H2,19,21)(H,22,23). The number of nitrogens with one attached hydrogen (secondary N) is 3. The Kier molecular flexibility index (Phi) is 5.48. The van der Waals surface area contributed by atoms with Gasteiger partial charge in [0.2, 0.25) is 5.88 Å². The predicted molar refractivity (Wildman–Crippen MR) is 102 cm³/mol. The first kappa shape index (κ1) is 18.3. The third-order valence-corrected chi connectivity index (χ3v) is 4.57. The number of nitrogens with zero attached hydrogens (tertiary/aromatic N) is 1. The van der Waals surface area contributed by atoms with Gasteiger partial charge in [0.25, 0.3) is 0 Å². The molecule has 1 heterocycles. The van der Waals surface area contributed by atoms with E-state index in [4.69, 9.17) is 38.6 Å². The number of anilines is 2. The highest BCUT2D eigenvalue weighted by Gasteiger charge is 2.17. The summed E-state index contributed by atoms with van der Waals surface area (Å²) in [5, 5.41) is 30.5. The maximum absolute atomic E-state index is 9.69. The molecule has 0 radical (unpaired) electrons. The van der Waals surface area contributed by atoms with Crippen LogP contribution < -0.4 is 15.5 Å². The van der Waals surface area contributed by atoms with Crippen molar-refractivity contribution in [3.8, 4) is 17.4 Å². The topological polar surface area (TPSA) is 110 Å². The molecule has 0 aliphatic carbocycles. The fourth-order valence-electron chi connectivity index (χ4n) is 2.07. The summed E-state index contributed by atoms with van der Waals surface area (Å²) in [6.45, 7) is 0. The van der Waals surface area contributed by atoms with E-state index in [9.17, 15) is 5.11 Å². The zero-order valence-electron chi connectivity index (χ0n) is 13.0. The van der Waals surface area contributed by atoms with E-state index >= 15 is 0 Å². The van der Waals surface area contributed by atoms with Crippen molar-refractivity contribution in [1.82, 2.24) is 9.85 Å². The highest BCUT2D eigenvalue weighted by molar-refractivity contribution is 7.11. The molecule has 0 unspecified atom stereocenters. The number of hydroxylamine groups is 1. The lowest BCUT2D eigenvalue weighted by Gasteiger charge is -2.10. The Hall–Kier alpha value is -2.52. The highest BCUT2D eigenvalue weighted by Crippen LogP contribution is 2.34. The van der Waals surface area contributed by atoms with E-state index in [0.29, 0.717) is 32.2 Å². The molecule has 0 amide bonds. The minimum absolute atomic E-state index is 0.0727. The summed E-state index contributed by atoms with van der Waals surface area (Å²) in [6, 6.07) is 11.9. The van der Waals surface area contributed by atoms with Gasteiger partial charge >= 0.3 is 0 Å². The molecule has 1 aromatic heterocycles. The minimum Gasteiger partial charge on any atom is -0.492 e. The minimum atomic E-state index is -0.366. The fraction of sp³-hybridized carbons (Fsp3) is 0. The van der Waals surface area contributed by atoms with Gasteiger partial charge in [-0.2, -0.15) is 4.37 Å². The van der Waals surface area contributed by atoms with E-state index in [2.05, 4.69) is 9.69 Å². The summed E-state index contributed by atoms with van der Waals surface area (Å²) in [6.07, 6.45) is 0. The van der Waals surface area contributed by atoms with Gasteiger partial charge in [0, 0.05) is 16.8 Å². The number of benzene rings is 2. The molecule has 0 saturated carbocycles. The van der Waals surface area contributed by atoms with Gasteiger partial charge in [-0.1, -0.05) is 23.2 Å². The third kappa shape index (κ3) is 4.00. The molecule has 0 fully saturated rings. The molecule has 7 nitrogen and oxygen atoms in total.